The minimum Gasteiger partial charge on any atom is -0.326 e. The van der Waals surface area contributed by atoms with E-state index in [1.165, 1.54) is 0 Å². The molecule has 0 aliphatic heterocycles. The maximum Gasteiger partial charge on any atom is 0.285 e. The monoisotopic (exact) mass is 377 g/mol. The molecule has 22 heavy (non-hydrogen) atoms. The van der Waals surface area contributed by atoms with Gasteiger partial charge >= 0.3 is 0 Å². The molecule has 1 fully saturated rings. The molecule has 1 N–H and O–H groups in total. The van der Waals surface area contributed by atoms with E-state index in [-0.39, 0.29) is 17.9 Å². The zero-order valence-electron chi connectivity index (χ0n) is 11.9. The number of carbonyl (C=O) groups is 1. The molecule has 1 saturated carbocycles. The SMILES string of the molecule is C#[N+][C@H]1C[C@@H]1C(=O)NC1=CCCC=c2c(Cl)cc(Br)cc2=C1. The van der Waals surface area contributed by atoms with Crippen LogP contribution in [0.3, 0.4) is 0 Å². The van der Waals surface area contributed by atoms with Crippen molar-refractivity contribution in [3.8, 4) is 6.57 Å². The average Bonchev–Trinajstić information content (AvgIpc) is 3.22. The van der Waals surface area contributed by atoms with Gasteiger partial charge in [0.1, 0.15) is 5.92 Å². The third-order valence-electron chi connectivity index (χ3n) is 3.87. The smallest absolute Gasteiger partial charge is 0.285 e. The minimum atomic E-state index is -0.0955. The van der Waals surface area contributed by atoms with Crippen LogP contribution in [0.4, 0.5) is 0 Å². The molecule has 2 atom stereocenters. The Morgan fingerprint density at radius 3 is 2.86 bits per heavy atom. The van der Waals surface area contributed by atoms with Crippen molar-refractivity contribution in [2.24, 2.45) is 5.92 Å². The summed E-state index contributed by atoms with van der Waals surface area (Å²) in [6.07, 6.45) is 8.58. The molecule has 0 unspecified atom stereocenters. The zero-order valence-corrected chi connectivity index (χ0v) is 14.2. The molecule has 1 aromatic rings. The van der Waals surface area contributed by atoms with Gasteiger partial charge in [0.15, 0.2) is 0 Å². The van der Waals surface area contributed by atoms with E-state index in [2.05, 4.69) is 32.2 Å². The number of allylic oxidation sites excluding steroid dienone is 2. The number of nitrogens with zero attached hydrogens (tertiary/aromatic N) is 1. The van der Waals surface area contributed by atoms with E-state index in [9.17, 15) is 4.79 Å². The molecule has 2 aliphatic carbocycles. The van der Waals surface area contributed by atoms with Crippen molar-refractivity contribution in [3.63, 3.8) is 0 Å². The molecule has 5 heteroatoms. The van der Waals surface area contributed by atoms with E-state index in [1.807, 2.05) is 24.3 Å². The van der Waals surface area contributed by atoms with E-state index >= 15 is 0 Å². The molecule has 112 valence electrons. The van der Waals surface area contributed by atoms with Gasteiger partial charge in [0.05, 0.1) is 0 Å². The summed E-state index contributed by atoms with van der Waals surface area (Å²) in [5, 5.41) is 5.67. The maximum absolute atomic E-state index is 12.2. The molecule has 3 nitrogen and oxygen atoms in total. The first-order valence-corrected chi connectivity index (χ1v) is 8.33. The highest BCUT2D eigenvalue weighted by atomic mass is 79.9. The number of hydrogen-bond donors (Lipinski definition) is 1. The molecular formula is C17H15BrClN2O+. The first kappa shape index (κ1) is 15.3. The second-order valence-electron chi connectivity index (χ2n) is 5.52. The van der Waals surface area contributed by atoms with Crippen molar-refractivity contribution in [2.45, 2.75) is 25.3 Å². The predicted octanol–water partition coefficient (Wildman–Crippen LogP) is 2.81. The van der Waals surface area contributed by atoms with Crippen molar-refractivity contribution >= 4 is 45.6 Å². The molecule has 3 rings (SSSR count). The lowest BCUT2D eigenvalue weighted by atomic mass is 10.1. The van der Waals surface area contributed by atoms with Crippen molar-refractivity contribution in [2.75, 3.05) is 0 Å². The molecule has 1 amide bonds. The topological polar surface area (TPSA) is 33.5 Å². The molecule has 0 aromatic heterocycles. The first-order chi connectivity index (χ1) is 10.6. The average molecular weight is 379 g/mol. The summed E-state index contributed by atoms with van der Waals surface area (Å²) in [6.45, 7) is 5.24. The van der Waals surface area contributed by atoms with Gasteiger partial charge in [-0.05, 0) is 41.5 Å². The molecule has 0 bridgehead atoms. The number of nitrogens with one attached hydrogen (secondary N) is 1. The highest BCUT2D eigenvalue weighted by Crippen LogP contribution is 2.34. The quantitative estimate of drug-likeness (QED) is 0.843. The molecule has 0 saturated heterocycles. The lowest BCUT2D eigenvalue weighted by Gasteiger charge is -2.08. The second kappa shape index (κ2) is 6.28. The Balaban J connectivity index is 1.92. The van der Waals surface area contributed by atoms with E-state index in [4.69, 9.17) is 18.2 Å². The van der Waals surface area contributed by atoms with E-state index in [0.29, 0.717) is 5.02 Å². The Hall–Kier alpha value is -1.57. The van der Waals surface area contributed by atoms with Gasteiger partial charge in [-0.3, -0.25) is 4.79 Å². The van der Waals surface area contributed by atoms with Gasteiger partial charge < -0.3 is 5.32 Å². The van der Waals surface area contributed by atoms with Gasteiger partial charge in [0.2, 0.25) is 5.91 Å². The Bertz CT molecular complexity index is 822. The van der Waals surface area contributed by atoms with Crippen molar-refractivity contribution < 1.29 is 4.79 Å². The Kier molecular flexibility index (Phi) is 4.37. The van der Waals surface area contributed by atoms with E-state index < -0.39 is 0 Å². The molecule has 0 spiro atoms. The van der Waals surface area contributed by atoms with E-state index in [0.717, 1.165) is 39.9 Å². The van der Waals surface area contributed by atoms with Crippen LogP contribution >= 0.6 is 27.5 Å². The van der Waals surface area contributed by atoms with Gasteiger partial charge in [0.25, 0.3) is 12.6 Å². The number of hydrogen-bond acceptors (Lipinski definition) is 1. The second-order valence-corrected chi connectivity index (χ2v) is 6.85. The van der Waals surface area contributed by atoms with Crippen LogP contribution in [-0.2, 0) is 4.79 Å². The Morgan fingerprint density at radius 2 is 2.14 bits per heavy atom. The molecule has 0 heterocycles. The summed E-state index contributed by atoms with van der Waals surface area (Å²) in [5.41, 5.74) is 0.802. The summed E-state index contributed by atoms with van der Waals surface area (Å²) in [7, 11) is 0. The highest BCUT2D eigenvalue weighted by molar-refractivity contribution is 9.10. The zero-order chi connectivity index (χ0) is 15.7. The van der Waals surface area contributed by atoms with Crippen LogP contribution in [-0.4, -0.2) is 11.9 Å². The third-order valence-corrected chi connectivity index (χ3v) is 4.64. The normalized spacial score (nSPS) is 22.7. The van der Waals surface area contributed by atoms with Crippen LogP contribution < -0.4 is 15.8 Å². The number of rotatable bonds is 2. The van der Waals surface area contributed by atoms with Gasteiger partial charge in [-0.1, -0.05) is 44.5 Å². The van der Waals surface area contributed by atoms with Crippen LogP contribution in [0, 0.1) is 12.5 Å². The van der Waals surface area contributed by atoms with Crippen molar-refractivity contribution in [1.82, 2.24) is 5.32 Å². The summed E-state index contributed by atoms with van der Waals surface area (Å²) >= 11 is 9.77. The lowest BCUT2D eigenvalue weighted by molar-refractivity contribution is -0.121. The van der Waals surface area contributed by atoms with Gasteiger partial charge in [0, 0.05) is 21.6 Å². The van der Waals surface area contributed by atoms with Crippen molar-refractivity contribution in [3.05, 3.63) is 48.7 Å². The summed E-state index contributed by atoms with van der Waals surface area (Å²) < 4.78 is 0.913. The summed E-state index contributed by atoms with van der Waals surface area (Å²) in [5.74, 6) is -0.115. The Labute approximate surface area is 142 Å². The highest BCUT2D eigenvalue weighted by Gasteiger charge is 2.52. The summed E-state index contributed by atoms with van der Waals surface area (Å²) in [6, 6.07) is 3.85. The number of amides is 1. The molecule has 1 aromatic carbocycles. The molecular weight excluding hydrogens is 364 g/mol. The summed E-state index contributed by atoms with van der Waals surface area (Å²) in [4.78, 5) is 15.8. The largest absolute Gasteiger partial charge is 0.326 e. The predicted molar refractivity (Wildman–Crippen MR) is 93.0 cm³/mol. The Morgan fingerprint density at radius 1 is 1.36 bits per heavy atom. The van der Waals surface area contributed by atoms with Crippen molar-refractivity contribution in [1.29, 1.82) is 0 Å². The molecule has 2 aliphatic rings. The maximum atomic E-state index is 12.2. The fraction of sp³-hybridized carbons (Fsp3) is 0.294. The van der Waals surface area contributed by atoms with E-state index in [1.54, 1.807) is 0 Å². The van der Waals surface area contributed by atoms with Crippen LogP contribution in [0.2, 0.25) is 5.02 Å². The van der Waals surface area contributed by atoms with Crippen LogP contribution in [0.15, 0.2) is 28.4 Å². The first-order valence-electron chi connectivity index (χ1n) is 7.16. The third kappa shape index (κ3) is 3.26. The molecule has 0 radical (unpaired) electrons. The number of benzene rings is 1. The van der Waals surface area contributed by atoms with Crippen LogP contribution in [0.1, 0.15) is 19.3 Å². The minimum absolute atomic E-state index is 0.0195. The van der Waals surface area contributed by atoms with Gasteiger partial charge in [-0.15, -0.1) is 0 Å². The van der Waals surface area contributed by atoms with Crippen LogP contribution in [0.25, 0.3) is 17.0 Å². The number of halogens is 2. The lowest BCUT2D eigenvalue weighted by Crippen LogP contribution is -2.30. The van der Waals surface area contributed by atoms with Crippen LogP contribution in [0.5, 0.6) is 0 Å². The fourth-order valence-corrected chi connectivity index (χ4v) is 3.49. The number of carbonyl (C=O) groups excluding carboxylic acids is 1. The van der Waals surface area contributed by atoms with Gasteiger partial charge in [-0.25, -0.2) is 0 Å². The standard InChI is InChI=1S/C17H14BrClN2O/c1-20-16-9-14(16)17(22)21-12-4-2-3-5-13-10(7-12)6-11(18)8-15(13)19/h1,4-8,14,16H,2-3,9H2/p+1/t14-,16-/m0/s1. The number of fused-ring (bicyclic) bond motifs is 1. The van der Waals surface area contributed by atoms with Gasteiger partial charge in [-0.2, -0.15) is 0 Å². The fourth-order valence-electron chi connectivity index (χ4n) is 2.58.